The van der Waals surface area contributed by atoms with Gasteiger partial charge < -0.3 is 15.0 Å². The first kappa shape index (κ1) is 19.8. The van der Waals surface area contributed by atoms with Gasteiger partial charge in [-0.1, -0.05) is 12.1 Å². The summed E-state index contributed by atoms with van der Waals surface area (Å²) in [6.45, 7) is 9.12. The molecule has 0 saturated heterocycles. The van der Waals surface area contributed by atoms with Gasteiger partial charge in [-0.05, 0) is 51.8 Å². The van der Waals surface area contributed by atoms with Crippen LogP contribution in [0.25, 0.3) is 0 Å². The van der Waals surface area contributed by atoms with Crippen LogP contribution < -0.4 is 10.6 Å². The number of rotatable bonds is 5. The monoisotopic (exact) mass is 334 g/mol. The van der Waals surface area contributed by atoms with Gasteiger partial charge in [0, 0.05) is 32.9 Å². The van der Waals surface area contributed by atoms with Gasteiger partial charge in [0.15, 0.2) is 5.96 Å². The smallest absolute Gasteiger partial charge is 0.412 e. The molecule has 0 aliphatic rings. The van der Waals surface area contributed by atoms with Crippen molar-refractivity contribution in [2.45, 2.75) is 39.7 Å². The summed E-state index contributed by atoms with van der Waals surface area (Å²) in [5.41, 5.74) is 1.39. The molecule has 0 heterocycles. The summed E-state index contributed by atoms with van der Waals surface area (Å²) < 4.78 is 5.23. The number of nitrogens with zero attached hydrogens (tertiary/aromatic N) is 2. The zero-order valence-corrected chi connectivity index (χ0v) is 15.6. The molecular weight excluding hydrogens is 304 g/mol. The Morgan fingerprint density at radius 1 is 1.21 bits per heavy atom. The van der Waals surface area contributed by atoms with Gasteiger partial charge in [-0.3, -0.25) is 10.3 Å². The quantitative estimate of drug-likeness (QED) is 0.641. The maximum absolute atomic E-state index is 11.7. The van der Waals surface area contributed by atoms with Gasteiger partial charge in [0.05, 0.1) is 0 Å². The van der Waals surface area contributed by atoms with E-state index >= 15 is 0 Å². The third kappa shape index (κ3) is 7.85. The second kappa shape index (κ2) is 9.15. The largest absolute Gasteiger partial charge is 0.444 e. The number of amides is 1. The molecule has 6 heteroatoms. The number of benzene rings is 1. The average Bonchev–Trinajstić information content (AvgIpc) is 2.46. The fourth-order valence-corrected chi connectivity index (χ4v) is 1.98. The fraction of sp³-hybridized carbons (Fsp3) is 0.556. The number of hydrogen-bond acceptors (Lipinski definition) is 3. The van der Waals surface area contributed by atoms with E-state index in [9.17, 15) is 4.79 Å². The van der Waals surface area contributed by atoms with E-state index in [-0.39, 0.29) is 0 Å². The first-order chi connectivity index (χ1) is 11.2. The molecule has 6 nitrogen and oxygen atoms in total. The molecule has 0 spiro atoms. The van der Waals surface area contributed by atoms with Crippen LogP contribution >= 0.6 is 0 Å². The van der Waals surface area contributed by atoms with Crippen LogP contribution in [0.1, 0.15) is 33.3 Å². The predicted octanol–water partition coefficient (Wildman–Crippen LogP) is 3.10. The lowest BCUT2D eigenvalue weighted by atomic mass is 10.1. The number of hydrogen-bond donors (Lipinski definition) is 2. The Balaban J connectivity index is 2.53. The van der Waals surface area contributed by atoms with Gasteiger partial charge in [-0.25, -0.2) is 4.79 Å². The molecule has 1 amide bonds. The summed E-state index contributed by atoms with van der Waals surface area (Å²) in [5.74, 6) is 0.890. The van der Waals surface area contributed by atoms with E-state index < -0.39 is 11.7 Å². The molecule has 134 valence electrons. The van der Waals surface area contributed by atoms with Gasteiger partial charge in [0.25, 0.3) is 0 Å². The normalized spacial score (nSPS) is 11.8. The SMILES string of the molecule is CCNC(=NCCc1ccc(NC(=O)OC(C)(C)C)cc1)N(C)C. The molecule has 2 N–H and O–H groups in total. The van der Waals surface area contributed by atoms with Crippen LogP contribution in [-0.4, -0.2) is 49.7 Å². The van der Waals surface area contributed by atoms with Crippen molar-refractivity contribution in [3.63, 3.8) is 0 Å². The third-order valence-electron chi connectivity index (χ3n) is 3.02. The maximum Gasteiger partial charge on any atom is 0.412 e. The molecule has 24 heavy (non-hydrogen) atoms. The van der Waals surface area contributed by atoms with Crippen molar-refractivity contribution in [1.29, 1.82) is 0 Å². The number of anilines is 1. The van der Waals surface area contributed by atoms with Crippen molar-refractivity contribution < 1.29 is 9.53 Å². The highest BCUT2D eigenvalue weighted by molar-refractivity contribution is 5.84. The van der Waals surface area contributed by atoms with Crippen LogP contribution in [0.3, 0.4) is 0 Å². The highest BCUT2D eigenvalue weighted by Crippen LogP contribution is 2.13. The van der Waals surface area contributed by atoms with Gasteiger partial charge in [0.2, 0.25) is 0 Å². The van der Waals surface area contributed by atoms with Crippen molar-refractivity contribution in [3.8, 4) is 0 Å². The third-order valence-corrected chi connectivity index (χ3v) is 3.02. The Bertz CT molecular complexity index is 545. The van der Waals surface area contributed by atoms with Gasteiger partial charge in [-0.2, -0.15) is 0 Å². The van der Waals surface area contributed by atoms with Crippen molar-refractivity contribution in [2.75, 3.05) is 32.5 Å². The molecule has 0 radical (unpaired) electrons. The summed E-state index contributed by atoms with van der Waals surface area (Å²) in [6.07, 6.45) is 0.399. The number of aliphatic imine (C=N–C) groups is 1. The van der Waals surface area contributed by atoms with E-state index in [1.54, 1.807) is 0 Å². The van der Waals surface area contributed by atoms with Gasteiger partial charge in [-0.15, -0.1) is 0 Å². The number of nitrogens with one attached hydrogen (secondary N) is 2. The summed E-state index contributed by atoms with van der Waals surface area (Å²) in [4.78, 5) is 18.3. The number of guanidine groups is 1. The Kier molecular flexibility index (Phi) is 7.55. The maximum atomic E-state index is 11.7. The molecule has 0 saturated carbocycles. The molecule has 1 aromatic rings. The standard InChI is InChI=1S/C18H30N4O2/c1-7-19-16(22(5)6)20-13-12-14-8-10-15(11-9-14)21-17(23)24-18(2,3)4/h8-11H,7,12-13H2,1-6H3,(H,19,20)(H,21,23). The minimum Gasteiger partial charge on any atom is -0.444 e. The molecule has 1 aromatic carbocycles. The lowest BCUT2D eigenvalue weighted by Gasteiger charge is -2.19. The molecule has 0 aromatic heterocycles. The Morgan fingerprint density at radius 3 is 2.33 bits per heavy atom. The first-order valence-corrected chi connectivity index (χ1v) is 8.26. The van der Waals surface area contributed by atoms with Crippen LogP contribution in [-0.2, 0) is 11.2 Å². The molecule has 0 bridgehead atoms. The number of carbonyl (C=O) groups is 1. The van der Waals surface area contributed by atoms with E-state index in [0.717, 1.165) is 24.6 Å². The highest BCUT2D eigenvalue weighted by Gasteiger charge is 2.15. The minimum absolute atomic E-state index is 0.443. The second-order valence-electron chi connectivity index (χ2n) is 6.70. The molecular formula is C18H30N4O2. The molecule has 0 aliphatic carbocycles. The lowest BCUT2D eigenvalue weighted by molar-refractivity contribution is 0.0636. The first-order valence-electron chi connectivity index (χ1n) is 8.26. The molecule has 0 fully saturated rings. The van der Waals surface area contributed by atoms with Crippen molar-refractivity contribution >= 4 is 17.7 Å². The van der Waals surface area contributed by atoms with Crippen LogP contribution in [0.5, 0.6) is 0 Å². The minimum atomic E-state index is -0.501. The number of ether oxygens (including phenoxy) is 1. The summed E-state index contributed by atoms with van der Waals surface area (Å²) in [7, 11) is 3.94. The van der Waals surface area contributed by atoms with E-state index in [0.29, 0.717) is 6.54 Å². The number of carbonyl (C=O) groups excluding carboxylic acids is 1. The van der Waals surface area contributed by atoms with Crippen molar-refractivity contribution in [2.24, 2.45) is 4.99 Å². The van der Waals surface area contributed by atoms with Gasteiger partial charge >= 0.3 is 6.09 Å². The highest BCUT2D eigenvalue weighted by atomic mass is 16.6. The van der Waals surface area contributed by atoms with E-state index in [1.165, 1.54) is 5.56 Å². The molecule has 0 aliphatic heterocycles. The van der Waals surface area contributed by atoms with E-state index in [2.05, 4.69) is 22.5 Å². The fourth-order valence-electron chi connectivity index (χ4n) is 1.98. The van der Waals surface area contributed by atoms with E-state index in [4.69, 9.17) is 4.74 Å². The average molecular weight is 334 g/mol. The second-order valence-corrected chi connectivity index (χ2v) is 6.70. The zero-order chi connectivity index (χ0) is 18.2. The molecule has 0 unspecified atom stereocenters. The lowest BCUT2D eigenvalue weighted by Crippen LogP contribution is -2.36. The van der Waals surface area contributed by atoms with Crippen LogP contribution in [0, 0.1) is 0 Å². The van der Waals surface area contributed by atoms with Crippen molar-refractivity contribution in [1.82, 2.24) is 10.2 Å². The predicted molar refractivity (Wildman–Crippen MR) is 99.7 cm³/mol. The van der Waals surface area contributed by atoms with Crippen LogP contribution in [0.15, 0.2) is 29.3 Å². The summed E-state index contributed by atoms with van der Waals surface area (Å²) in [5, 5.41) is 5.96. The summed E-state index contributed by atoms with van der Waals surface area (Å²) in [6, 6.07) is 7.73. The van der Waals surface area contributed by atoms with Crippen LogP contribution in [0.4, 0.5) is 10.5 Å². The van der Waals surface area contributed by atoms with Gasteiger partial charge in [0.1, 0.15) is 5.60 Å². The Hall–Kier alpha value is -2.24. The van der Waals surface area contributed by atoms with Crippen molar-refractivity contribution in [3.05, 3.63) is 29.8 Å². The zero-order valence-electron chi connectivity index (χ0n) is 15.6. The molecule has 0 atom stereocenters. The Labute approximate surface area is 145 Å². The summed E-state index contributed by atoms with van der Waals surface area (Å²) >= 11 is 0. The Morgan fingerprint density at radius 2 is 1.83 bits per heavy atom. The van der Waals surface area contributed by atoms with Crippen LogP contribution in [0.2, 0.25) is 0 Å². The molecule has 1 rings (SSSR count). The topological polar surface area (TPSA) is 66.0 Å². The van der Waals surface area contributed by atoms with E-state index in [1.807, 2.05) is 64.0 Å².